The van der Waals surface area contributed by atoms with Crippen LogP contribution in [0.15, 0.2) is 30.6 Å². The van der Waals surface area contributed by atoms with Gasteiger partial charge < -0.3 is 9.47 Å². The second-order valence-corrected chi connectivity index (χ2v) is 5.98. The van der Waals surface area contributed by atoms with Gasteiger partial charge in [-0.1, -0.05) is 12.1 Å². The summed E-state index contributed by atoms with van der Waals surface area (Å²) in [5.74, 6) is -0.221. The molecule has 0 fully saturated rings. The molecule has 0 radical (unpaired) electrons. The van der Waals surface area contributed by atoms with Crippen LogP contribution in [0.3, 0.4) is 0 Å². The van der Waals surface area contributed by atoms with Crippen molar-refractivity contribution >= 4 is 23.3 Å². The summed E-state index contributed by atoms with van der Waals surface area (Å²) < 4.78 is 1.59. The lowest BCUT2D eigenvalue weighted by molar-refractivity contribution is -0.384. The number of carbonyl (C=O) groups is 2. The van der Waals surface area contributed by atoms with Crippen molar-refractivity contribution in [2.75, 3.05) is 19.0 Å². The zero-order valence-corrected chi connectivity index (χ0v) is 14.0. The highest BCUT2D eigenvalue weighted by Gasteiger charge is 2.38. The molecule has 1 aromatic carbocycles. The van der Waals surface area contributed by atoms with E-state index in [9.17, 15) is 19.7 Å². The second kappa shape index (κ2) is 6.00. The van der Waals surface area contributed by atoms with E-state index < -0.39 is 11.0 Å². The van der Waals surface area contributed by atoms with Crippen molar-refractivity contribution < 1.29 is 14.5 Å². The van der Waals surface area contributed by atoms with Gasteiger partial charge in [0.05, 0.1) is 11.3 Å². The highest BCUT2D eigenvalue weighted by Crippen LogP contribution is 2.26. The molecule has 2 aromatic rings. The Morgan fingerprint density at radius 1 is 1.16 bits per heavy atom. The zero-order chi connectivity index (χ0) is 18.3. The number of aromatic nitrogens is 2. The first-order valence-electron chi connectivity index (χ1n) is 7.60. The maximum absolute atomic E-state index is 12.8. The highest BCUT2D eigenvalue weighted by atomic mass is 16.6. The van der Waals surface area contributed by atoms with Crippen LogP contribution < -0.4 is 4.90 Å². The number of nitro benzene ring substituents is 1. The van der Waals surface area contributed by atoms with E-state index >= 15 is 0 Å². The van der Waals surface area contributed by atoms with E-state index in [0.29, 0.717) is 11.5 Å². The lowest BCUT2D eigenvalue weighted by Gasteiger charge is -2.26. The molecule has 0 spiro atoms. The molecule has 1 aromatic heterocycles. The predicted molar refractivity (Wildman–Crippen MR) is 89.3 cm³/mol. The first-order valence-corrected chi connectivity index (χ1v) is 7.60. The molecule has 2 heterocycles. The summed E-state index contributed by atoms with van der Waals surface area (Å²) >= 11 is 0. The largest absolute Gasteiger partial charge is 0.328 e. The van der Waals surface area contributed by atoms with Crippen LogP contribution in [0.5, 0.6) is 0 Å². The van der Waals surface area contributed by atoms with E-state index in [1.54, 1.807) is 37.8 Å². The van der Waals surface area contributed by atoms with Gasteiger partial charge in [-0.25, -0.2) is 4.98 Å². The van der Waals surface area contributed by atoms with E-state index in [4.69, 9.17) is 0 Å². The number of fused-ring (bicyclic) bond motifs is 1. The number of nitro groups is 1. The van der Waals surface area contributed by atoms with Crippen molar-refractivity contribution in [3.8, 4) is 0 Å². The Hall–Kier alpha value is -3.23. The molecule has 1 unspecified atom stereocenters. The third-order valence-electron chi connectivity index (χ3n) is 4.42. The number of non-ortho nitro benzene ring substituents is 1. The van der Waals surface area contributed by atoms with Crippen LogP contribution in [0.2, 0.25) is 0 Å². The minimum absolute atomic E-state index is 0.0194. The van der Waals surface area contributed by atoms with Crippen LogP contribution in [0, 0.1) is 10.1 Å². The summed E-state index contributed by atoms with van der Waals surface area (Å²) in [4.78, 5) is 42.8. The SMILES string of the molecule is CN1C(=O)C(Cc2ccc([N+](=O)[O-])cc2)N(C)C(=O)c2c1ncn2C. The number of nitrogens with zero attached hydrogens (tertiary/aromatic N) is 5. The molecule has 0 bridgehead atoms. The molecule has 2 amide bonds. The van der Waals surface area contributed by atoms with Crippen molar-refractivity contribution in [2.45, 2.75) is 12.5 Å². The molecule has 25 heavy (non-hydrogen) atoms. The standard InChI is InChI=1S/C16H17N5O4/c1-18-9-17-14-13(18)16(23)19(2)12(15(22)20(14)3)8-10-4-6-11(7-5-10)21(24)25/h4-7,9,12H,8H2,1-3H3. The maximum atomic E-state index is 12.8. The number of benzene rings is 1. The Morgan fingerprint density at radius 3 is 2.40 bits per heavy atom. The summed E-state index contributed by atoms with van der Waals surface area (Å²) in [6, 6.07) is 5.25. The van der Waals surface area contributed by atoms with Gasteiger partial charge in [0.25, 0.3) is 17.5 Å². The summed E-state index contributed by atoms with van der Waals surface area (Å²) in [5, 5.41) is 10.7. The smallest absolute Gasteiger partial charge is 0.274 e. The Kier molecular flexibility index (Phi) is 3.99. The number of likely N-dealkylation sites (N-methyl/N-ethyl adjacent to an activating group) is 2. The number of aryl methyl sites for hydroxylation is 1. The highest BCUT2D eigenvalue weighted by molar-refractivity contribution is 6.09. The van der Waals surface area contributed by atoms with Crippen molar-refractivity contribution in [3.05, 3.63) is 52.0 Å². The van der Waals surface area contributed by atoms with Gasteiger partial charge in [0, 0.05) is 39.7 Å². The van der Waals surface area contributed by atoms with Crippen molar-refractivity contribution in [3.63, 3.8) is 0 Å². The van der Waals surface area contributed by atoms with E-state index in [1.165, 1.54) is 28.3 Å². The third kappa shape index (κ3) is 2.73. The van der Waals surface area contributed by atoms with Crippen LogP contribution in [0.1, 0.15) is 16.1 Å². The van der Waals surface area contributed by atoms with Crippen LogP contribution in [0.25, 0.3) is 0 Å². The van der Waals surface area contributed by atoms with Crippen LogP contribution in [0.4, 0.5) is 11.5 Å². The van der Waals surface area contributed by atoms with Gasteiger partial charge in [0.15, 0.2) is 11.5 Å². The molecule has 0 saturated carbocycles. The van der Waals surface area contributed by atoms with Gasteiger partial charge in [0.1, 0.15) is 6.04 Å². The van der Waals surface area contributed by atoms with Crippen molar-refractivity contribution in [1.29, 1.82) is 0 Å². The summed E-state index contributed by atoms with van der Waals surface area (Å²) in [5.41, 5.74) is 1.06. The van der Waals surface area contributed by atoms with E-state index in [-0.39, 0.29) is 23.9 Å². The molecule has 1 atom stereocenters. The summed E-state index contributed by atoms with van der Waals surface area (Å²) in [6.07, 6.45) is 1.76. The minimum atomic E-state index is -0.715. The molecule has 0 N–H and O–H groups in total. The van der Waals surface area contributed by atoms with Gasteiger partial charge in [-0.3, -0.25) is 24.6 Å². The first kappa shape index (κ1) is 16.6. The zero-order valence-electron chi connectivity index (χ0n) is 14.0. The molecule has 3 rings (SSSR count). The quantitative estimate of drug-likeness (QED) is 0.611. The maximum Gasteiger partial charge on any atom is 0.274 e. The molecule has 130 valence electrons. The molecule has 9 heteroatoms. The average Bonchev–Trinajstić information content (AvgIpc) is 2.96. The molecule has 0 saturated heterocycles. The Morgan fingerprint density at radius 2 is 1.80 bits per heavy atom. The van der Waals surface area contributed by atoms with Gasteiger partial charge >= 0.3 is 0 Å². The van der Waals surface area contributed by atoms with Crippen molar-refractivity contribution in [1.82, 2.24) is 14.5 Å². The fraction of sp³-hybridized carbons (Fsp3) is 0.312. The first-order chi connectivity index (χ1) is 11.8. The molecular formula is C16H17N5O4. The monoisotopic (exact) mass is 343 g/mol. The third-order valence-corrected chi connectivity index (χ3v) is 4.42. The number of amides is 2. The average molecular weight is 343 g/mol. The van der Waals surface area contributed by atoms with Gasteiger partial charge in [-0.05, 0) is 5.56 Å². The predicted octanol–water partition coefficient (Wildman–Crippen LogP) is 0.988. The molecule has 0 aliphatic carbocycles. The second-order valence-electron chi connectivity index (χ2n) is 5.98. The number of anilines is 1. The minimum Gasteiger partial charge on any atom is -0.328 e. The number of hydrogen-bond donors (Lipinski definition) is 0. The molecule has 1 aliphatic rings. The van der Waals surface area contributed by atoms with E-state index in [1.807, 2.05) is 0 Å². The fourth-order valence-corrected chi connectivity index (χ4v) is 2.91. The lowest BCUT2D eigenvalue weighted by atomic mass is 10.0. The summed E-state index contributed by atoms with van der Waals surface area (Å²) in [6.45, 7) is 0. The normalized spacial score (nSPS) is 17.5. The van der Waals surface area contributed by atoms with Crippen LogP contribution in [-0.4, -0.2) is 51.3 Å². The van der Waals surface area contributed by atoms with Crippen LogP contribution in [-0.2, 0) is 18.3 Å². The van der Waals surface area contributed by atoms with E-state index in [2.05, 4.69) is 4.98 Å². The number of imidazole rings is 1. The Bertz CT molecular complexity index is 858. The number of rotatable bonds is 3. The molecule has 9 nitrogen and oxygen atoms in total. The van der Waals surface area contributed by atoms with E-state index in [0.717, 1.165) is 5.56 Å². The topological polar surface area (TPSA) is 102 Å². The van der Waals surface area contributed by atoms with Gasteiger partial charge in [0.2, 0.25) is 0 Å². The Balaban J connectivity index is 1.93. The fourth-order valence-electron chi connectivity index (χ4n) is 2.91. The van der Waals surface area contributed by atoms with Crippen molar-refractivity contribution in [2.24, 2.45) is 7.05 Å². The Labute approximate surface area is 143 Å². The molecular weight excluding hydrogens is 326 g/mol. The number of carbonyl (C=O) groups excluding carboxylic acids is 2. The van der Waals surface area contributed by atoms with Gasteiger partial charge in [-0.2, -0.15) is 0 Å². The number of hydrogen-bond acceptors (Lipinski definition) is 5. The summed E-state index contributed by atoms with van der Waals surface area (Å²) in [7, 11) is 4.86. The van der Waals surface area contributed by atoms with Gasteiger partial charge in [-0.15, -0.1) is 0 Å². The van der Waals surface area contributed by atoms with Crippen LogP contribution >= 0.6 is 0 Å². The lowest BCUT2D eigenvalue weighted by Crippen LogP contribution is -2.47. The molecule has 1 aliphatic heterocycles.